The van der Waals surface area contributed by atoms with Crippen LogP contribution in [0.4, 0.5) is 0 Å². The Morgan fingerprint density at radius 2 is 2.16 bits per heavy atom. The molecule has 1 aliphatic carbocycles. The molecule has 1 N–H and O–H groups in total. The number of aromatic nitrogens is 3. The van der Waals surface area contributed by atoms with Crippen molar-refractivity contribution in [2.24, 2.45) is 0 Å². The van der Waals surface area contributed by atoms with Crippen LogP contribution in [-0.4, -0.2) is 32.5 Å². The van der Waals surface area contributed by atoms with E-state index in [-0.39, 0.29) is 5.91 Å². The third kappa shape index (κ3) is 4.45. The monoisotopic (exact) mass is 362 g/mol. The number of carbonyl (C=O) groups excluding carboxylic acids is 1. The summed E-state index contributed by atoms with van der Waals surface area (Å²) in [5, 5.41) is 12.6. The van der Waals surface area contributed by atoms with E-state index in [9.17, 15) is 4.79 Å². The van der Waals surface area contributed by atoms with Gasteiger partial charge < -0.3 is 14.3 Å². The molecular formula is C18H26N4O2S. The minimum absolute atomic E-state index is 0.0870. The first-order valence-corrected chi connectivity index (χ1v) is 10.1. The molecule has 1 aliphatic rings. The number of hydrogen-bond acceptors (Lipinski definition) is 5. The predicted molar refractivity (Wildman–Crippen MR) is 98.5 cm³/mol. The molecule has 136 valence electrons. The summed E-state index contributed by atoms with van der Waals surface area (Å²) in [5.74, 6) is 2.10. The number of amides is 1. The number of thioether (sulfide) groups is 1. The summed E-state index contributed by atoms with van der Waals surface area (Å²) in [6.45, 7) is 4.86. The van der Waals surface area contributed by atoms with Crippen LogP contribution >= 0.6 is 11.8 Å². The highest BCUT2D eigenvalue weighted by Gasteiger charge is 2.19. The second-order valence-electron chi connectivity index (χ2n) is 6.54. The van der Waals surface area contributed by atoms with Crippen LogP contribution in [0.1, 0.15) is 51.2 Å². The highest BCUT2D eigenvalue weighted by molar-refractivity contribution is 7.99. The third-order valence-corrected chi connectivity index (χ3v) is 5.53. The largest absolute Gasteiger partial charge is 0.469 e. The predicted octanol–water partition coefficient (Wildman–Crippen LogP) is 3.80. The van der Waals surface area contributed by atoms with Crippen molar-refractivity contribution in [2.45, 2.75) is 70.1 Å². The Bertz CT molecular complexity index is 704. The average molecular weight is 362 g/mol. The molecule has 2 heterocycles. The van der Waals surface area contributed by atoms with Gasteiger partial charge in [-0.1, -0.05) is 37.9 Å². The molecule has 0 aliphatic heterocycles. The molecule has 1 saturated carbocycles. The van der Waals surface area contributed by atoms with Gasteiger partial charge in [0.05, 0.1) is 17.6 Å². The van der Waals surface area contributed by atoms with E-state index in [2.05, 4.69) is 27.0 Å². The Morgan fingerprint density at radius 1 is 1.36 bits per heavy atom. The molecule has 0 unspecified atom stereocenters. The first-order chi connectivity index (χ1) is 12.2. The van der Waals surface area contributed by atoms with Crippen LogP contribution in [0.25, 0.3) is 11.4 Å². The highest BCUT2D eigenvalue weighted by atomic mass is 32.2. The summed E-state index contributed by atoms with van der Waals surface area (Å²) in [6.07, 6.45) is 8.58. The van der Waals surface area contributed by atoms with E-state index in [0.29, 0.717) is 11.8 Å². The molecule has 0 aromatic carbocycles. The third-order valence-electron chi connectivity index (χ3n) is 4.57. The van der Waals surface area contributed by atoms with Gasteiger partial charge in [0, 0.05) is 12.6 Å². The van der Waals surface area contributed by atoms with Crippen LogP contribution in [0.3, 0.4) is 0 Å². The molecule has 0 spiro atoms. The van der Waals surface area contributed by atoms with Crippen LogP contribution in [0.15, 0.2) is 21.9 Å². The van der Waals surface area contributed by atoms with Gasteiger partial charge in [-0.15, -0.1) is 10.2 Å². The van der Waals surface area contributed by atoms with Gasteiger partial charge in [-0.05, 0) is 32.3 Å². The van der Waals surface area contributed by atoms with Crippen LogP contribution < -0.4 is 5.32 Å². The van der Waals surface area contributed by atoms with Gasteiger partial charge in [0.15, 0.2) is 11.0 Å². The zero-order valence-electron chi connectivity index (χ0n) is 15.0. The average Bonchev–Trinajstić information content (AvgIpc) is 3.20. The maximum absolute atomic E-state index is 12.2. The van der Waals surface area contributed by atoms with Gasteiger partial charge in [-0.2, -0.15) is 0 Å². The quantitative estimate of drug-likeness (QED) is 0.759. The van der Waals surface area contributed by atoms with Gasteiger partial charge in [-0.3, -0.25) is 4.79 Å². The van der Waals surface area contributed by atoms with E-state index in [4.69, 9.17) is 4.42 Å². The Hall–Kier alpha value is -1.76. The molecule has 1 amide bonds. The number of carbonyl (C=O) groups is 1. The summed E-state index contributed by atoms with van der Waals surface area (Å²) >= 11 is 1.45. The lowest BCUT2D eigenvalue weighted by Gasteiger charge is -2.22. The molecule has 3 rings (SSSR count). The van der Waals surface area contributed by atoms with Gasteiger partial charge in [-0.25, -0.2) is 0 Å². The topological polar surface area (TPSA) is 73.0 Å². The van der Waals surface area contributed by atoms with Crippen LogP contribution in [0.2, 0.25) is 0 Å². The zero-order valence-corrected chi connectivity index (χ0v) is 15.8. The van der Waals surface area contributed by atoms with Gasteiger partial charge in [0.1, 0.15) is 5.76 Å². The lowest BCUT2D eigenvalue weighted by atomic mass is 9.95. The molecular weight excluding hydrogens is 336 g/mol. The molecule has 0 saturated heterocycles. The fraction of sp³-hybridized carbons (Fsp3) is 0.611. The normalized spacial score (nSPS) is 15.4. The van der Waals surface area contributed by atoms with Crippen molar-refractivity contribution in [1.29, 1.82) is 0 Å². The summed E-state index contributed by atoms with van der Waals surface area (Å²) in [5.41, 5.74) is 0.958. The van der Waals surface area contributed by atoms with Crippen molar-refractivity contribution in [1.82, 2.24) is 20.1 Å². The second kappa shape index (κ2) is 8.56. The fourth-order valence-corrected chi connectivity index (χ4v) is 4.06. The molecule has 6 nitrogen and oxygen atoms in total. The Balaban J connectivity index is 1.64. The van der Waals surface area contributed by atoms with Crippen molar-refractivity contribution in [3.05, 3.63) is 18.1 Å². The summed E-state index contributed by atoms with van der Waals surface area (Å²) in [7, 11) is 0. The van der Waals surface area contributed by atoms with E-state index in [1.54, 1.807) is 6.26 Å². The zero-order chi connectivity index (χ0) is 17.6. The van der Waals surface area contributed by atoms with Gasteiger partial charge >= 0.3 is 0 Å². The van der Waals surface area contributed by atoms with Crippen LogP contribution in [0, 0.1) is 6.92 Å². The van der Waals surface area contributed by atoms with Gasteiger partial charge in [0.2, 0.25) is 5.91 Å². The summed E-state index contributed by atoms with van der Waals surface area (Å²) < 4.78 is 7.47. The van der Waals surface area contributed by atoms with E-state index in [0.717, 1.165) is 48.1 Å². The first-order valence-electron chi connectivity index (χ1n) is 9.09. The molecule has 2 aromatic rings. The number of nitrogens with zero attached hydrogens (tertiary/aromatic N) is 3. The van der Waals surface area contributed by atoms with Crippen LogP contribution in [0.5, 0.6) is 0 Å². The molecule has 2 aromatic heterocycles. The number of furan rings is 1. The standard InChI is InChI=1S/C18H26N4O2S/c1-3-10-22-17(15-9-11-24-13(15)2)20-21-18(22)25-12-16(23)19-14-7-5-4-6-8-14/h9,11,14H,3-8,10,12H2,1-2H3,(H,19,23). The molecule has 0 atom stereocenters. The van der Waals surface area contributed by atoms with Crippen molar-refractivity contribution in [2.75, 3.05) is 5.75 Å². The maximum atomic E-state index is 12.2. The summed E-state index contributed by atoms with van der Waals surface area (Å²) in [4.78, 5) is 12.2. The van der Waals surface area contributed by atoms with E-state index < -0.39 is 0 Å². The van der Waals surface area contributed by atoms with E-state index in [1.807, 2.05) is 13.0 Å². The Morgan fingerprint density at radius 3 is 2.84 bits per heavy atom. The van der Waals surface area contributed by atoms with Gasteiger partial charge in [0.25, 0.3) is 0 Å². The minimum Gasteiger partial charge on any atom is -0.469 e. The molecule has 0 bridgehead atoms. The molecule has 25 heavy (non-hydrogen) atoms. The summed E-state index contributed by atoms with van der Waals surface area (Å²) in [6, 6.07) is 2.26. The van der Waals surface area contributed by atoms with Crippen molar-refractivity contribution in [3.8, 4) is 11.4 Å². The molecule has 0 radical (unpaired) electrons. The number of rotatable bonds is 7. The fourth-order valence-electron chi connectivity index (χ4n) is 3.28. The molecule has 7 heteroatoms. The molecule has 1 fully saturated rings. The Kier molecular flexibility index (Phi) is 6.18. The smallest absolute Gasteiger partial charge is 0.230 e. The van der Waals surface area contributed by atoms with Crippen molar-refractivity contribution < 1.29 is 9.21 Å². The maximum Gasteiger partial charge on any atom is 0.230 e. The number of aryl methyl sites for hydroxylation is 1. The van der Waals surface area contributed by atoms with E-state index in [1.165, 1.54) is 31.0 Å². The SMILES string of the molecule is CCCn1c(SCC(=O)NC2CCCCC2)nnc1-c1ccoc1C. The number of nitrogens with one attached hydrogen (secondary N) is 1. The minimum atomic E-state index is 0.0870. The van der Waals surface area contributed by atoms with E-state index >= 15 is 0 Å². The lowest BCUT2D eigenvalue weighted by Crippen LogP contribution is -2.37. The first kappa shape index (κ1) is 18.0. The van der Waals surface area contributed by atoms with Crippen molar-refractivity contribution in [3.63, 3.8) is 0 Å². The number of hydrogen-bond donors (Lipinski definition) is 1. The highest BCUT2D eigenvalue weighted by Crippen LogP contribution is 2.27. The van der Waals surface area contributed by atoms with Crippen molar-refractivity contribution >= 4 is 17.7 Å². The second-order valence-corrected chi connectivity index (χ2v) is 7.48. The van der Waals surface area contributed by atoms with Crippen LogP contribution in [-0.2, 0) is 11.3 Å². The Labute approximate surface area is 152 Å². The lowest BCUT2D eigenvalue weighted by molar-refractivity contribution is -0.119.